The molecule has 0 N–H and O–H groups in total. The van der Waals surface area contributed by atoms with Crippen molar-refractivity contribution in [2.75, 3.05) is 13.2 Å². The van der Waals surface area contributed by atoms with E-state index in [9.17, 15) is 4.79 Å². The first-order chi connectivity index (χ1) is 5.31. The van der Waals surface area contributed by atoms with Crippen molar-refractivity contribution in [1.29, 1.82) is 0 Å². The molecule has 0 amide bonds. The Bertz CT molecular complexity index is 128. The molecule has 64 valence electrons. The van der Waals surface area contributed by atoms with Gasteiger partial charge in [0.2, 0.25) is 0 Å². The Kier molecular flexibility index (Phi) is 7.05. The van der Waals surface area contributed by atoms with Crippen molar-refractivity contribution in [3.8, 4) is 0 Å². The van der Waals surface area contributed by atoms with E-state index in [-0.39, 0.29) is 0 Å². The van der Waals surface area contributed by atoms with Gasteiger partial charge in [0, 0.05) is 6.61 Å². The minimum absolute atomic E-state index is 0.582. The van der Waals surface area contributed by atoms with Gasteiger partial charge in [0.1, 0.15) is 6.29 Å². The van der Waals surface area contributed by atoms with Crippen LogP contribution in [0.4, 0.5) is 0 Å². The molecule has 0 aliphatic rings. The van der Waals surface area contributed by atoms with E-state index in [2.05, 4.69) is 6.92 Å². The molecule has 0 saturated carbocycles. The summed E-state index contributed by atoms with van der Waals surface area (Å²) in [5.41, 5.74) is 0.983. The summed E-state index contributed by atoms with van der Waals surface area (Å²) in [6, 6.07) is 0. The molecule has 0 atom stereocenters. The minimum atomic E-state index is 0.582. The van der Waals surface area contributed by atoms with Crippen LogP contribution >= 0.6 is 0 Å². The van der Waals surface area contributed by atoms with Gasteiger partial charge in [0.15, 0.2) is 0 Å². The molecule has 0 radical (unpaired) electrons. The normalized spacial score (nSPS) is 11.6. The zero-order chi connectivity index (χ0) is 8.53. The highest BCUT2D eigenvalue weighted by molar-refractivity contribution is 5.65. The quantitative estimate of drug-likeness (QED) is 0.334. The van der Waals surface area contributed by atoms with Crippen LogP contribution in [0.2, 0.25) is 0 Å². The Hall–Kier alpha value is -0.630. The fraction of sp³-hybridized carbons (Fsp3) is 0.667. The first-order valence-electron chi connectivity index (χ1n) is 4.00. The van der Waals surface area contributed by atoms with E-state index in [1.165, 1.54) is 6.08 Å². The van der Waals surface area contributed by atoms with Crippen LogP contribution in [0.3, 0.4) is 0 Å². The number of hydrogen-bond acceptors (Lipinski definition) is 2. The molecular weight excluding hydrogens is 140 g/mol. The summed E-state index contributed by atoms with van der Waals surface area (Å²) in [4.78, 5) is 9.97. The molecule has 11 heavy (non-hydrogen) atoms. The number of hydrogen-bond donors (Lipinski definition) is 0. The maximum Gasteiger partial charge on any atom is 0.142 e. The zero-order valence-electron chi connectivity index (χ0n) is 7.30. The monoisotopic (exact) mass is 156 g/mol. The second kappa shape index (κ2) is 7.48. The van der Waals surface area contributed by atoms with E-state index in [4.69, 9.17) is 4.74 Å². The fourth-order valence-corrected chi connectivity index (χ4v) is 0.644. The van der Waals surface area contributed by atoms with Gasteiger partial charge in [-0.1, -0.05) is 13.3 Å². The standard InChI is InChI=1S/C9H16O2/c1-3-4-7-11-8-9(2)5-6-10/h5-6H,3-4,7-8H2,1-2H3. The van der Waals surface area contributed by atoms with Crippen LogP contribution < -0.4 is 0 Å². The first-order valence-corrected chi connectivity index (χ1v) is 4.00. The summed E-state index contributed by atoms with van der Waals surface area (Å²) in [5.74, 6) is 0. The number of carbonyl (C=O) groups excluding carboxylic acids is 1. The Morgan fingerprint density at radius 3 is 2.82 bits per heavy atom. The maximum atomic E-state index is 9.97. The Morgan fingerprint density at radius 1 is 1.55 bits per heavy atom. The molecule has 0 aliphatic heterocycles. The molecule has 0 saturated heterocycles. The number of aldehydes is 1. The summed E-state index contributed by atoms with van der Waals surface area (Å²) in [5, 5.41) is 0. The lowest BCUT2D eigenvalue weighted by molar-refractivity contribution is -0.104. The molecule has 0 heterocycles. The van der Waals surface area contributed by atoms with Crippen LogP contribution in [-0.4, -0.2) is 19.5 Å². The van der Waals surface area contributed by atoms with Gasteiger partial charge < -0.3 is 4.74 Å². The van der Waals surface area contributed by atoms with Crippen molar-refractivity contribution in [2.24, 2.45) is 0 Å². The summed E-state index contributed by atoms with van der Waals surface area (Å²) in [7, 11) is 0. The molecule has 0 aromatic heterocycles. The SMILES string of the molecule is CCCCOCC(C)=CC=O. The smallest absolute Gasteiger partial charge is 0.142 e. The lowest BCUT2D eigenvalue weighted by Gasteiger charge is -2.01. The maximum absolute atomic E-state index is 9.97. The lowest BCUT2D eigenvalue weighted by Crippen LogP contribution is -1.97. The highest BCUT2D eigenvalue weighted by Gasteiger charge is 1.88. The zero-order valence-corrected chi connectivity index (χ0v) is 7.30. The summed E-state index contributed by atoms with van der Waals surface area (Å²) >= 11 is 0. The average Bonchev–Trinajstić information content (AvgIpc) is 1.99. The van der Waals surface area contributed by atoms with Crippen LogP contribution in [-0.2, 0) is 9.53 Å². The second-order valence-corrected chi connectivity index (χ2v) is 2.56. The molecule has 0 fully saturated rings. The van der Waals surface area contributed by atoms with Crippen LogP contribution in [0.25, 0.3) is 0 Å². The highest BCUT2D eigenvalue weighted by Crippen LogP contribution is 1.94. The lowest BCUT2D eigenvalue weighted by atomic mass is 10.3. The third-order valence-electron chi connectivity index (χ3n) is 1.32. The van der Waals surface area contributed by atoms with E-state index in [1.54, 1.807) is 0 Å². The van der Waals surface area contributed by atoms with Gasteiger partial charge in [-0.15, -0.1) is 0 Å². The van der Waals surface area contributed by atoms with Crippen molar-refractivity contribution in [2.45, 2.75) is 26.7 Å². The van der Waals surface area contributed by atoms with Crippen LogP contribution in [0.15, 0.2) is 11.6 Å². The van der Waals surface area contributed by atoms with E-state index in [1.807, 2.05) is 6.92 Å². The van der Waals surface area contributed by atoms with Gasteiger partial charge in [-0.05, 0) is 25.0 Å². The van der Waals surface area contributed by atoms with Crippen molar-refractivity contribution in [1.82, 2.24) is 0 Å². The molecule has 0 aromatic rings. The number of ether oxygens (including phenoxy) is 1. The summed E-state index contributed by atoms with van der Waals surface area (Å²) in [6.07, 6.45) is 4.56. The Balaban J connectivity index is 3.23. The number of unbranched alkanes of at least 4 members (excludes halogenated alkanes) is 1. The summed E-state index contributed by atoms with van der Waals surface area (Å²) < 4.78 is 5.26. The van der Waals surface area contributed by atoms with E-state index in [0.717, 1.165) is 31.3 Å². The van der Waals surface area contributed by atoms with Gasteiger partial charge in [-0.2, -0.15) is 0 Å². The van der Waals surface area contributed by atoms with Crippen molar-refractivity contribution in [3.63, 3.8) is 0 Å². The van der Waals surface area contributed by atoms with E-state index in [0.29, 0.717) is 6.61 Å². The predicted molar refractivity (Wildman–Crippen MR) is 45.5 cm³/mol. The van der Waals surface area contributed by atoms with E-state index < -0.39 is 0 Å². The van der Waals surface area contributed by atoms with Gasteiger partial charge >= 0.3 is 0 Å². The molecule has 0 aromatic carbocycles. The third-order valence-corrected chi connectivity index (χ3v) is 1.32. The summed E-state index contributed by atoms with van der Waals surface area (Å²) in [6.45, 7) is 5.39. The van der Waals surface area contributed by atoms with Crippen molar-refractivity contribution >= 4 is 6.29 Å². The molecule has 2 nitrogen and oxygen atoms in total. The van der Waals surface area contributed by atoms with Crippen LogP contribution in [0, 0.1) is 0 Å². The molecule has 0 bridgehead atoms. The molecule has 0 aliphatic carbocycles. The highest BCUT2D eigenvalue weighted by atomic mass is 16.5. The Labute approximate surface area is 68.2 Å². The third kappa shape index (κ3) is 7.26. The van der Waals surface area contributed by atoms with Gasteiger partial charge in [0.05, 0.1) is 6.61 Å². The average molecular weight is 156 g/mol. The Morgan fingerprint density at radius 2 is 2.27 bits per heavy atom. The van der Waals surface area contributed by atoms with Crippen LogP contribution in [0.1, 0.15) is 26.7 Å². The molecule has 0 rings (SSSR count). The number of rotatable bonds is 6. The second-order valence-electron chi connectivity index (χ2n) is 2.56. The predicted octanol–water partition coefficient (Wildman–Crippen LogP) is 1.95. The minimum Gasteiger partial charge on any atom is -0.377 e. The topological polar surface area (TPSA) is 26.3 Å². The molecule has 2 heteroatoms. The first kappa shape index (κ1) is 10.4. The fourth-order valence-electron chi connectivity index (χ4n) is 0.644. The van der Waals surface area contributed by atoms with Crippen molar-refractivity contribution < 1.29 is 9.53 Å². The molecular formula is C9H16O2. The van der Waals surface area contributed by atoms with Crippen molar-refractivity contribution in [3.05, 3.63) is 11.6 Å². The molecule has 0 spiro atoms. The van der Waals surface area contributed by atoms with Gasteiger partial charge in [-0.25, -0.2) is 0 Å². The molecule has 0 unspecified atom stereocenters. The van der Waals surface area contributed by atoms with Gasteiger partial charge in [0.25, 0.3) is 0 Å². The van der Waals surface area contributed by atoms with Gasteiger partial charge in [-0.3, -0.25) is 4.79 Å². The van der Waals surface area contributed by atoms with E-state index >= 15 is 0 Å². The number of allylic oxidation sites excluding steroid dienone is 1. The largest absolute Gasteiger partial charge is 0.377 e. The van der Waals surface area contributed by atoms with Crippen LogP contribution in [0.5, 0.6) is 0 Å². The number of carbonyl (C=O) groups is 1.